The maximum Gasteiger partial charge on any atom is 0.259 e. The summed E-state index contributed by atoms with van der Waals surface area (Å²) in [7, 11) is 0. The summed E-state index contributed by atoms with van der Waals surface area (Å²) in [5.41, 5.74) is 6.23. The van der Waals surface area contributed by atoms with Crippen LogP contribution in [0.3, 0.4) is 0 Å². The summed E-state index contributed by atoms with van der Waals surface area (Å²) in [4.78, 5) is 22.5. The Kier molecular flexibility index (Phi) is 4.05. The van der Waals surface area contributed by atoms with Crippen molar-refractivity contribution in [3.05, 3.63) is 17.6 Å². The Bertz CT molecular complexity index is 530. The zero-order valence-electron chi connectivity index (χ0n) is 12.4. The number of hydrogen-bond acceptors (Lipinski definition) is 5. The summed E-state index contributed by atoms with van der Waals surface area (Å²) in [5.74, 6) is 1.49. The van der Waals surface area contributed by atoms with Crippen LogP contribution < -0.4 is 5.73 Å². The Morgan fingerprint density at radius 1 is 1.48 bits per heavy atom. The topological polar surface area (TPSA) is 81.3 Å². The Morgan fingerprint density at radius 3 is 3.00 bits per heavy atom. The average Bonchev–Trinajstić information content (AvgIpc) is 3.29. The van der Waals surface area contributed by atoms with Crippen LogP contribution in [-0.4, -0.2) is 46.6 Å². The van der Waals surface area contributed by atoms with Gasteiger partial charge in [0.1, 0.15) is 17.2 Å². The van der Waals surface area contributed by atoms with Crippen molar-refractivity contribution in [2.45, 2.75) is 38.7 Å². The number of rotatable bonds is 4. The molecule has 0 spiro atoms. The zero-order valence-corrected chi connectivity index (χ0v) is 12.4. The van der Waals surface area contributed by atoms with Crippen molar-refractivity contribution in [3.63, 3.8) is 0 Å². The van der Waals surface area contributed by atoms with Gasteiger partial charge in [-0.05, 0) is 38.5 Å². The standard InChI is InChI=1S/C15H22N4O2/c1-10-17-7-13(14(16)18-10)15(20)19-6-2-3-12(8-19)21-9-11-4-5-11/h7,11-12H,2-6,8-9H2,1H3,(H2,16,17,18). The lowest BCUT2D eigenvalue weighted by Crippen LogP contribution is -2.43. The summed E-state index contributed by atoms with van der Waals surface area (Å²) in [6.45, 7) is 3.98. The Morgan fingerprint density at radius 2 is 2.29 bits per heavy atom. The number of anilines is 1. The maximum absolute atomic E-state index is 12.5. The number of carbonyl (C=O) groups excluding carboxylic acids is 1. The minimum Gasteiger partial charge on any atom is -0.383 e. The lowest BCUT2D eigenvalue weighted by atomic mass is 10.1. The van der Waals surface area contributed by atoms with Crippen molar-refractivity contribution in [3.8, 4) is 0 Å². The molecule has 1 saturated carbocycles. The normalized spacial score (nSPS) is 22.3. The van der Waals surface area contributed by atoms with E-state index in [0.717, 1.165) is 31.9 Å². The van der Waals surface area contributed by atoms with Gasteiger partial charge >= 0.3 is 0 Å². The summed E-state index contributed by atoms with van der Waals surface area (Å²) < 4.78 is 5.92. The molecule has 0 bridgehead atoms. The average molecular weight is 290 g/mol. The second-order valence-electron chi connectivity index (χ2n) is 6.01. The third-order valence-electron chi connectivity index (χ3n) is 4.10. The molecular weight excluding hydrogens is 268 g/mol. The number of hydrogen-bond donors (Lipinski definition) is 1. The molecule has 6 nitrogen and oxygen atoms in total. The van der Waals surface area contributed by atoms with Crippen LogP contribution in [-0.2, 0) is 4.74 Å². The highest BCUT2D eigenvalue weighted by atomic mass is 16.5. The third-order valence-corrected chi connectivity index (χ3v) is 4.10. The summed E-state index contributed by atoms with van der Waals surface area (Å²) >= 11 is 0. The van der Waals surface area contributed by atoms with Crippen LogP contribution in [0.25, 0.3) is 0 Å². The second kappa shape index (κ2) is 5.97. The largest absolute Gasteiger partial charge is 0.383 e. The lowest BCUT2D eigenvalue weighted by molar-refractivity contribution is -0.00241. The smallest absolute Gasteiger partial charge is 0.259 e. The molecule has 1 aromatic heterocycles. The van der Waals surface area contributed by atoms with Crippen molar-refractivity contribution in [1.82, 2.24) is 14.9 Å². The molecule has 1 amide bonds. The first-order chi connectivity index (χ1) is 10.1. The molecule has 1 unspecified atom stereocenters. The van der Waals surface area contributed by atoms with E-state index in [0.29, 0.717) is 17.9 Å². The van der Waals surface area contributed by atoms with E-state index in [9.17, 15) is 4.79 Å². The minimum atomic E-state index is -0.0905. The SMILES string of the molecule is Cc1ncc(C(=O)N2CCCC(OCC3CC3)C2)c(N)n1. The monoisotopic (exact) mass is 290 g/mol. The molecular formula is C15H22N4O2. The molecule has 1 aliphatic heterocycles. The number of likely N-dealkylation sites (tertiary alicyclic amines) is 1. The van der Waals surface area contributed by atoms with Crippen molar-refractivity contribution in [2.24, 2.45) is 5.92 Å². The van der Waals surface area contributed by atoms with Gasteiger partial charge in [0.15, 0.2) is 0 Å². The van der Waals surface area contributed by atoms with E-state index in [1.165, 1.54) is 19.0 Å². The molecule has 1 aromatic rings. The summed E-state index contributed by atoms with van der Waals surface area (Å²) in [6.07, 6.45) is 6.23. The summed E-state index contributed by atoms with van der Waals surface area (Å²) in [5, 5.41) is 0. The minimum absolute atomic E-state index is 0.0905. The van der Waals surface area contributed by atoms with Crippen molar-refractivity contribution in [2.75, 3.05) is 25.4 Å². The lowest BCUT2D eigenvalue weighted by Gasteiger charge is -2.32. The number of carbonyl (C=O) groups is 1. The molecule has 21 heavy (non-hydrogen) atoms. The third kappa shape index (κ3) is 3.50. The molecule has 3 rings (SSSR count). The van der Waals surface area contributed by atoms with Gasteiger partial charge in [-0.3, -0.25) is 4.79 Å². The van der Waals surface area contributed by atoms with Crippen LogP contribution in [0.2, 0.25) is 0 Å². The van der Waals surface area contributed by atoms with E-state index in [4.69, 9.17) is 10.5 Å². The molecule has 114 valence electrons. The van der Waals surface area contributed by atoms with Gasteiger partial charge in [-0.2, -0.15) is 0 Å². The van der Waals surface area contributed by atoms with Gasteiger partial charge in [0.25, 0.3) is 5.91 Å². The quantitative estimate of drug-likeness (QED) is 0.906. The number of aromatic nitrogens is 2. The number of aryl methyl sites for hydroxylation is 1. The van der Waals surface area contributed by atoms with Gasteiger partial charge in [0, 0.05) is 25.9 Å². The van der Waals surface area contributed by atoms with Crippen molar-refractivity contribution < 1.29 is 9.53 Å². The van der Waals surface area contributed by atoms with E-state index in [1.807, 2.05) is 4.90 Å². The molecule has 0 radical (unpaired) electrons. The van der Waals surface area contributed by atoms with Crippen molar-refractivity contribution in [1.29, 1.82) is 0 Å². The fourth-order valence-corrected chi connectivity index (χ4v) is 2.64. The van der Waals surface area contributed by atoms with Gasteiger partial charge in [0.05, 0.1) is 6.10 Å². The number of piperidine rings is 1. The molecule has 1 aliphatic carbocycles. The Balaban J connectivity index is 1.62. The Hall–Kier alpha value is -1.69. The number of amides is 1. The molecule has 2 N–H and O–H groups in total. The Labute approximate surface area is 124 Å². The molecule has 6 heteroatoms. The molecule has 2 heterocycles. The van der Waals surface area contributed by atoms with Crippen LogP contribution >= 0.6 is 0 Å². The van der Waals surface area contributed by atoms with E-state index >= 15 is 0 Å². The van der Waals surface area contributed by atoms with E-state index in [1.54, 1.807) is 6.92 Å². The fourth-order valence-electron chi connectivity index (χ4n) is 2.64. The number of nitrogens with two attached hydrogens (primary N) is 1. The van der Waals surface area contributed by atoms with Gasteiger partial charge in [-0.25, -0.2) is 9.97 Å². The molecule has 2 fully saturated rings. The molecule has 0 aromatic carbocycles. The van der Waals surface area contributed by atoms with E-state index in [2.05, 4.69) is 9.97 Å². The van der Waals surface area contributed by atoms with E-state index in [-0.39, 0.29) is 17.8 Å². The first-order valence-electron chi connectivity index (χ1n) is 7.63. The van der Waals surface area contributed by atoms with E-state index < -0.39 is 0 Å². The predicted octanol–water partition coefficient (Wildman–Crippen LogP) is 1.40. The maximum atomic E-state index is 12.5. The first kappa shape index (κ1) is 14.3. The highest BCUT2D eigenvalue weighted by Gasteiger charge is 2.28. The molecule has 1 atom stereocenters. The van der Waals surface area contributed by atoms with Gasteiger partial charge in [0.2, 0.25) is 0 Å². The van der Waals surface area contributed by atoms with Crippen LogP contribution in [0.15, 0.2) is 6.20 Å². The van der Waals surface area contributed by atoms with Crippen LogP contribution in [0.1, 0.15) is 41.9 Å². The highest BCUT2D eigenvalue weighted by Crippen LogP contribution is 2.30. The van der Waals surface area contributed by atoms with Gasteiger partial charge in [-0.15, -0.1) is 0 Å². The second-order valence-corrected chi connectivity index (χ2v) is 6.01. The first-order valence-corrected chi connectivity index (χ1v) is 7.63. The fraction of sp³-hybridized carbons (Fsp3) is 0.667. The zero-order chi connectivity index (χ0) is 14.8. The van der Waals surface area contributed by atoms with Crippen LogP contribution in [0, 0.1) is 12.8 Å². The van der Waals surface area contributed by atoms with Crippen molar-refractivity contribution >= 4 is 11.7 Å². The van der Waals surface area contributed by atoms with Crippen LogP contribution in [0.4, 0.5) is 5.82 Å². The molecule has 2 aliphatic rings. The molecule has 1 saturated heterocycles. The summed E-state index contributed by atoms with van der Waals surface area (Å²) in [6, 6.07) is 0. The highest BCUT2D eigenvalue weighted by molar-refractivity contribution is 5.98. The van der Waals surface area contributed by atoms with Gasteiger partial charge in [-0.1, -0.05) is 0 Å². The predicted molar refractivity (Wildman–Crippen MR) is 78.8 cm³/mol. The van der Waals surface area contributed by atoms with Crippen LogP contribution in [0.5, 0.6) is 0 Å². The van der Waals surface area contributed by atoms with Gasteiger partial charge < -0.3 is 15.4 Å². The number of ether oxygens (including phenoxy) is 1. The number of nitrogens with zero attached hydrogens (tertiary/aromatic N) is 3. The number of nitrogen functional groups attached to an aromatic ring is 1.